The zero-order valence-electron chi connectivity index (χ0n) is 13.1. The Morgan fingerprint density at radius 1 is 1.43 bits per heavy atom. The summed E-state index contributed by atoms with van der Waals surface area (Å²) >= 11 is 0. The van der Waals surface area contributed by atoms with E-state index in [9.17, 15) is 4.79 Å². The number of hydrogen-bond acceptors (Lipinski definition) is 5. The Morgan fingerprint density at radius 3 is 2.96 bits per heavy atom. The highest BCUT2D eigenvalue weighted by Crippen LogP contribution is 2.24. The molecule has 0 fully saturated rings. The van der Waals surface area contributed by atoms with Crippen molar-refractivity contribution in [2.75, 3.05) is 25.6 Å². The van der Waals surface area contributed by atoms with Gasteiger partial charge in [-0.25, -0.2) is 4.98 Å². The van der Waals surface area contributed by atoms with Crippen molar-refractivity contribution in [3.8, 4) is 5.75 Å². The standard InChI is InChI=1S/C16H22N4O3/c1-22-13(11-17)10-16(21)19-14-4-2-3-5-15(14)23-9-8-20-7-6-18-12-20/h2-7,12-13H,8-11,17H2,1H3,(H,19,21). The smallest absolute Gasteiger partial charge is 0.227 e. The Kier molecular flexibility index (Phi) is 6.58. The quantitative estimate of drug-likeness (QED) is 0.726. The Bertz CT molecular complexity index is 597. The van der Waals surface area contributed by atoms with Crippen LogP contribution in [0.25, 0.3) is 0 Å². The molecule has 3 N–H and O–H groups in total. The van der Waals surface area contributed by atoms with Gasteiger partial charge in [0, 0.05) is 26.0 Å². The summed E-state index contributed by atoms with van der Waals surface area (Å²) < 4.78 is 12.8. The number of carbonyl (C=O) groups excluding carboxylic acids is 1. The molecule has 0 saturated carbocycles. The summed E-state index contributed by atoms with van der Waals surface area (Å²) in [5.41, 5.74) is 6.16. The molecular weight excluding hydrogens is 296 g/mol. The first kappa shape index (κ1) is 17.0. The van der Waals surface area contributed by atoms with Crippen LogP contribution in [0.5, 0.6) is 5.75 Å². The van der Waals surface area contributed by atoms with Gasteiger partial charge in [-0.2, -0.15) is 0 Å². The zero-order valence-corrected chi connectivity index (χ0v) is 13.1. The second kappa shape index (κ2) is 8.92. The number of nitrogens with zero attached hydrogens (tertiary/aromatic N) is 2. The molecule has 0 spiro atoms. The Hall–Kier alpha value is -2.38. The van der Waals surface area contributed by atoms with Crippen molar-refractivity contribution < 1.29 is 14.3 Å². The van der Waals surface area contributed by atoms with Gasteiger partial charge in [0.2, 0.25) is 5.91 Å². The van der Waals surface area contributed by atoms with E-state index in [1.807, 2.05) is 29.0 Å². The van der Waals surface area contributed by atoms with E-state index < -0.39 is 0 Å². The number of aromatic nitrogens is 2. The number of carbonyl (C=O) groups is 1. The molecule has 7 heteroatoms. The minimum Gasteiger partial charge on any atom is -0.490 e. The minimum atomic E-state index is -0.288. The topological polar surface area (TPSA) is 91.4 Å². The molecule has 1 amide bonds. The molecule has 0 bridgehead atoms. The van der Waals surface area contributed by atoms with Crippen LogP contribution in [0.1, 0.15) is 6.42 Å². The van der Waals surface area contributed by atoms with E-state index in [1.54, 1.807) is 18.6 Å². The average molecular weight is 318 g/mol. The molecule has 0 saturated heterocycles. The SMILES string of the molecule is COC(CN)CC(=O)Nc1ccccc1OCCn1ccnc1. The number of nitrogens with one attached hydrogen (secondary N) is 1. The molecule has 0 aliphatic rings. The summed E-state index contributed by atoms with van der Waals surface area (Å²) in [7, 11) is 1.54. The summed E-state index contributed by atoms with van der Waals surface area (Å²) in [4.78, 5) is 16.0. The second-order valence-corrected chi connectivity index (χ2v) is 4.99. The number of imidazole rings is 1. The van der Waals surface area contributed by atoms with Crippen molar-refractivity contribution >= 4 is 11.6 Å². The zero-order chi connectivity index (χ0) is 16.5. The van der Waals surface area contributed by atoms with Gasteiger partial charge in [0.25, 0.3) is 0 Å². The molecule has 1 heterocycles. The van der Waals surface area contributed by atoms with Crippen LogP contribution in [0.2, 0.25) is 0 Å². The predicted molar refractivity (Wildman–Crippen MR) is 87.3 cm³/mol. The molecule has 1 atom stereocenters. The molecule has 1 unspecified atom stereocenters. The van der Waals surface area contributed by atoms with E-state index in [0.717, 1.165) is 0 Å². The number of rotatable bonds is 9. The highest BCUT2D eigenvalue weighted by molar-refractivity contribution is 5.92. The molecular formula is C16H22N4O3. The largest absolute Gasteiger partial charge is 0.490 e. The first-order valence-corrected chi connectivity index (χ1v) is 7.43. The van der Waals surface area contributed by atoms with Crippen LogP contribution in [0.15, 0.2) is 43.0 Å². The Labute approximate surface area is 135 Å². The highest BCUT2D eigenvalue weighted by atomic mass is 16.5. The lowest BCUT2D eigenvalue weighted by atomic mass is 10.2. The summed E-state index contributed by atoms with van der Waals surface area (Å²) in [6, 6.07) is 7.32. The van der Waals surface area contributed by atoms with Gasteiger partial charge in [0.1, 0.15) is 12.4 Å². The lowest BCUT2D eigenvalue weighted by Crippen LogP contribution is -2.28. The van der Waals surface area contributed by atoms with Crippen molar-refractivity contribution in [3.05, 3.63) is 43.0 Å². The number of amides is 1. The molecule has 0 aliphatic carbocycles. The third-order valence-corrected chi connectivity index (χ3v) is 3.34. The summed E-state index contributed by atoms with van der Waals surface area (Å²) in [5.74, 6) is 0.468. The van der Waals surface area contributed by atoms with Gasteiger partial charge >= 0.3 is 0 Å². The van der Waals surface area contributed by atoms with Gasteiger partial charge in [0.05, 0.1) is 31.1 Å². The first-order chi connectivity index (χ1) is 11.2. The average Bonchev–Trinajstić information content (AvgIpc) is 3.07. The third-order valence-electron chi connectivity index (χ3n) is 3.34. The van der Waals surface area contributed by atoms with E-state index in [0.29, 0.717) is 31.1 Å². The molecule has 0 aliphatic heterocycles. The Balaban J connectivity index is 1.90. The van der Waals surface area contributed by atoms with Crippen LogP contribution in [0.3, 0.4) is 0 Å². The summed E-state index contributed by atoms with van der Waals surface area (Å²) in [6.07, 6.45) is 5.24. The number of benzene rings is 1. The third kappa shape index (κ3) is 5.39. The fourth-order valence-corrected chi connectivity index (χ4v) is 2.05. The summed E-state index contributed by atoms with van der Waals surface area (Å²) in [5, 5.41) is 2.83. The van der Waals surface area contributed by atoms with Crippen LogP contribution in [-0.2, 0) is 16.1 Å². The van der Waals surface area contributed by atoms with Gasteiger partial charge in [-0.1, -0.05) is 12.1 Å². The first-order valence-electron chi connectivity index (χ1n) is 7.43. The fraction of sp³-hybridized carbons (Fsp3) is 0.375. The van der Waals surface area contributed by atoms with Crippen molar-refractivity contribution in [3.63, 3.8) is 0 Å². The monoisotopic (exact) mass is 318 g/mol. The van der Waals surface area contributed by atoms with Crippen molar-refractivity contribution in [2.24, 2.45) is 5.73 Å². The molecule has 1 aromatic carbocycles. The fourth-order valence-electron chi connectivity index (χ4n) is 2.05. The maximum absolute atomic E-state index is 12.0. The van der Waals surface area contributed by atoms with Crippen LogP contribution in [0, 0.1) is 0 Å². The minimum absolute atomic E-state index is 0.159. The number of para-hydroxylation sites is 2. The number of anilines is 1. The summed E-state index contributed by atoms with van der Waals surface area (Å²) in [6.45, 7) is 1.46. The van der Waals surface area contributed by atoms with Crippen molar-refractivity contribution in [1.29, 1.82) is 0 Å². The van der Waals surface area contributed by atoms with Gasteiger partial charge in [-0.15, -0.1) is 0 Å². The van der Waals surface area contributed by atoms with Gasteiger partial charge in [0.15, 0.2) is 0 Å². The number of ether oxygens (including phenoxy) is 2. The van der Waals surface area contributed by atoms with E-state index >= 15 is 0 Å². The van der Waals surface area contributed by atoms with E-state index in [4.69, 9.17) is 15.2 Å². The maximum Gasteiger partial charge on any atom is 0.227 e. The van der Waals surface area contributed by atoms with Crippen molar-refractivity contribution in [2.45, 2.75) is 19.1 Å². The number of nitrogens with two attached hydrogens (primary N) is 1. The molecule has 124 valence electrons. The number of methoxy groups -OCH3 is 1. The van der Waals surface area contributed by atoms with Crippen molar-refractivity contribution in [1.82, 2.24) is 9.55 Å². The van der Waals surface area contributed by atoms with E-state index in [2.05, 4.69) is 10.3 Å². The van der Waals surface area contributed by atoms with E-state index in [-0.39, 0.29) is 18.4 Å². The predicted octanol–water partition coefficient (Wildman–Crippen LogP) is 1.26. The van der Waals surface area contributed by atoms with Gasteiger partial charge < -0.3 is 25.1 Å². The van der Waals surface area contributed by atoms with Crippen LogP contribution >= 0.6 is 0 Å². The lowest BCUT2D eigenvalue weighted by Gasteiger charge is -2.15. The highest BCUT2D eigenvalue weighted by Gasteiger charge is 2.13. The van der Waals surface area contributed by atoms with Crippen LogP contribution in [-0.4, -0.2) is 41.8 Å². The lowest BCUT2D eigenvalue weighted by molar-refractivity contribution is -0.118. The molecule has 0 radical (unpaired) electrons. The molecule has 7 nitrogen and oxygen atoms in total. The van der Waals surface area contributed by atoms with Gasteiger partial charge in [-0.3, -0.25) is 4.79 Å². The van der Waals surface area contributed by atoms with E-state index in [1.165, 1.54) is 7.11 Å². The maximum atomic E-state index is 12.0. The van der Waals surface area contributed by atoms with Crippen LogP contribution in [0.4, 0.5) is 5.69 Å². The van der Waals surface area contributed by atoms with Gasteiger partial charge in [-0.05, 0) is 12.1 Å². The normalized spacial score (nSPS) is 11.9. The van der Waals surface area contributed by atoms with Crippen LogP contribution < -0.4 is 15.8 Å². The molecule has 2 rings (SSSR count). The second-order valence-electron chi connectivity index (χ2n) is 4.99. The molecule has 23 heavy (non-hydrogen) atoms. The number of hydrogen-bond donors (Lipinski definition) is 2. The molecule has 1 aromatic heterocycles. The molecule has 2 aromatic rings. The Morgan fingerprint density at radius 2 is 2.26 bits per heavy atom.